The third-order valence-electron chi connectivity index (χ3n) is 3.25. The second-order valence-electron chi connectivity index (χ2n) is 4.94. The van der Waals surface area contributed by atoms with E-state index in [9.17, 15) is 13.2 Å². The Morgan fingerprint density at radius 3 is 2.00 bits per heavy atom. The summed E-state index contributed by atoms with van der Waals surface area (Å²) < 4.78 is 31.3. The first-order valence-corrected chi connectivity index (χ1v) is 8.56. The van der Waals surface area contributed by atoms with Crippen molar-refractivity contribution in [2.24, 2.45) is 0 Å². The normalized spacial score (nSPS) is 12.6. The zero-order chi connectivity index (χ0) is 17.0. The van der Waals surface area contributed by atoms with Gasteiger partial charge in [-0.2, -0.15) is 8.42 Å². The molecule has 2 rings (SSSR count). The third kappa shape index (κ3) is 4.44. The molecule has 2 N–H and O–H groups in total. The van der Waals surface area contributed by atoms with Crippen molar-refractivity contribution < 1.29 is 22.9 Å². The molecule has 0 aromatic heterocycles. The van der Waals surface area contributed by atoms with Gasteiger partial charge in [0.05, 0.1) is 0 Å². The Morgan fingerprint density at radius 1 is 1.00 bits per heavy atom. The lowest BCUT2D eigenvalue weighted by atomic mass is 10.0. The Kier molecular flexibility index (Phi) is 5.25. The Labute approximate surface area is 139 Å². The molecule has 0 amide bonds. The lowest BCUT2D eigenvalue weighted by Crippen LogP contribution is -2.37. The molecule has 0 saturated heterocycles. The first kappa shape index (κ1) is 17.3. The molecule has 0 bridgehead atoms. The lowest BCUT2D eigenvalue weighted by molar-refractivity contribution is -0.135. The van der Waals surface area contributed by atoms with Crippen molar-refractivity contribution in [3.63, 3.8) is 0 Å². The zero-order valence-electron chi connectivity index (χ0n) is 11.9. The molecule has 0 aliphatic heterocycles. The summed E-state index contributed by atoms with van der Waals surface area (Å²) in [5, 5.41) is 6.83. The molecule has 0 fully saturated rings. The van der Waals surface area contributed by atoms with Crippen LogP contribution in [0.3, 0.4) is 0 Å². The van der Waals surface area contributed by atoms with Gasteiger partial charge in [-0.3, -0.25) is 9.35 Å². The average Bonchev–Trinajstić information content (AvgIpc) is 2.47. The van der Waals surface area contributed by atoms with Gasteiger partial charge in [0, 0.05) is 11.3 Å². The number of carbonyl (C=O) groups is 1. The van der Waals surface area contributed by atoms with Crippen LogP contribution in [0.5, 0.6) is 0 Å². The molecule has 5 nitrogen and oxygen atoms in total. The van der Waals surface area contributed by atoms with E-state index >= 15 is 0 Å². The van der Waals surface area contributed by atoms with Gasteiger partial charge >= 0.3 is 5.97 Å². The highest BCUT2D eigenvalue weighted by Gasteiger charge is 2.34. The monoisotopic (exact) mass is 350 g/mol. The fourth-order valence-corrected chi connectivity index (χ4v) is 3.47. The first-order chi connectivity index (χ1) is 10.8. The molecule has 2 aromatic rings. The predicted octanol–water partition coefficient (Wildman–Crippen LogP) is 2.61. The van der Waals surface area contributed by atoms with E-state index in [1.165, 1.54) is 0 Å². The van der Waals surface area contributed by atoms with E-state index < -0.39 is 21.3 Å². The Bertz CT molecular complexity index is 811. The number of thiocarbonyl (C=S) groups is 1. The second kappa shape index (κ2) is 6.99. The van der Waals surface area contributed by atoms with E-state index in [-0.39, 0.29) is 11.3 Å². The van der Waals surface area contributed by atoms with Crippen LogP contribution in [0.25, 0.3) is 11.1 Å². The van der Waals surface area contributed by atoms with Gasteiger partial charge in [0.25, 0.3) is 10.1 Å². The summed E-state index contributed by atoms with van der Waals surface area (Å²) in [5.74, 6) is -1.68. The maximum atomic E-state index is 11.1. The summed E-state index contributed by atoms with van der Waals surface area (Å²) in [6, 6.07) is 16.8. The number of rotatable bonds is 6. The van der Waals surface area contributed by atoms with Crippen LogP contribution in [-0.2, 0) is 21.3 Å². The summed E-state index contributed by atoms with van der Waals surface area (Å²) in [6.07, 6.45) is -0.0266. The van der Waals surface area contributed by atoms with Gasteiger partial charge in [0.2, 0.25) is 5.25 Å². The van der Waals surface area contributed by atoms with Crippen molar-refractivity contribution in [2.45, 2.75) is 11.7 Å². The average molecular weight is 350 g/mol. The summed E-state index contributed by atoms with van der Waals surface area (Å²) >= 11 is 4.89. The highest BCUT2D eigenvalue weighted by Crippen LogP contribution is 2.20. The van der Waals surface area contributed by atoms with Crippen molar-refractivity contribution in [1.29, 1.82) is 0 Å². The quantitative estimate of drug-likeness (QED) is 0.615. The van der Waals surface area contributed by atoms with Crippen molar-refractivity contribution >= 4 is 33.2 Å². The highest BCUT2D eigenvalue weighted by molar-refractivity contribution is 7.91. The molecule has 0 saturated carbocycles. The van der Waals surface area contributed by atoms with Crippen LogP contribution in [0.15, 0.2) is 54.6 Å². The topological polar surface area (TPSA) is 91.7 Å². The van der Waals surface area contributed by atoms with Gasteiger partial charge < -0.3 is 5.11 Å². The summed E-state index contributed by atoms with van der Waals surface area (Å²) in [7, 11) is -4.78. The minimum Gasteiger partial charge on any atom is -0.480 e. The standard InChI is InChI=1S/C16H14O5S2/c17-16(18)15(23(19,20)21)14(22)10-11-6-8-13(9-7-11)12-4-2-1-3-5-12/h1-9,15H,10H2,(H,17,18)(H,19,20,21). The van der Waals surface area contributed by atoms with Crippen LogP contribution in [-0.4, -0.2) is 34.2 Å². The molecule has 1 atom stereocenters. The van der Waals surface area contributed by atoms with E-state index in [0.717, 1.165) is 11.1 Å². The molecule has 0 radical (unpaired) electrons. The van der Waals surface area contributed by atoms with Gasteiger partial charge in [-0.1, -0.05) is 66.8 Å². The molecular formula is C16H14O5S2. The molecule has 2 aromatic carbocycles. The van der Waals surface area contributed by atoms with Crippen LogP contribution >= 0.6 is 12.2 Å². The number of hydrogen-bond donors (Lipinski definition) is 2. The van der Waals surface area contributed by atoms with Crippen LogP contribution < -0.4 is 0 Å². The van der Waals surface area contributed by atoms with Crippen molar-refractivity contribution in [1.82, 2.24) is 0 Å². The highest BCUT2D eigenvalue weighted by atomic mass is 32.2. The van der Waals surface area contributed by atoms with Gasteiger partial charge in [0.15, 0.2) is 0 Å². The molecule has 1 unspecified atom stereocenters. The summed E-state index contributed by atoms with van der Waals surface area (Å²) in [4.78, 5) is 10.7. The van der Waals surface area contributed by atoms with E-state index in [1.54, 1.807) is 12.1 Å². The molecular weight excluding hydrogens is 336 g/mol. The molecule has 23 heavy (non-hydrogen) atoms. The Morgan fingerprint density at radius 2 is 1.52 bits per heavy atom. The fourth-order valence-electron chi connectivity index (χ4n) is 2.17. The van der Waals surface area contributed by atoms with E-state index in [4.69, 9.17) is 21.9 Å². The van der Waals surface area contributed by atoms with Crippen LogP contribution in [0, 0.1) is 0 Å². The maximum absolute atomic E-state index is 11.1. The largest absolute Gasteiger partial charge is 0.480 e. The van der Waals surface area contributed by atoms with E-state index in [2.05, 4.69) is 0 Å². The minimum atomic E-state index is -4.78. The molecule has 0 aliphatic rings. The molecule has 120 valence electrons. The van der Waals surface area contributed by atoms with Gasteiger partial charge in [-0.05, 0) is 16.7 Å². The third-order valence-corrected chi connectivity index (χ3v) is 4.87. The number of benzene rings is 2. The SMILES string of the molecule is O=C(O)C(C(=S)Cc1ccc(-c2ccccc2)cc1)S(=O)(=O)O. The second-order valence-corrected chi connectivity index (χ2v) is 6.97. The first-order valence-electron chi connectivity index (χ1n) is 6.65. The number of carboxylic acid groups (broad SMARTS) is 1. The van der Waals surface area contributed by atoms with Gasteiger partial charge in [-0.25, -0.2) is 0 Å². The maximum Gasteiger partial charge on any atom is 0.329 e. The smallest absolute Gasteiger partial charge is 0.329 e. The lowest BCUT2D eigenvalue weighted by Gasteiger charge is -2.11. The van der Waals surface area contributed by atoms with E-state index in [1.807, 2.05) is 42.5 Å². The van der Waals surface area contributed by atoms with Crippen molar-refractivity contribution in [2.75, 3.05) is 0 Å². The predicted molar refractivity (Wildman–Crippen MR) is 91.2 cm³/mol. The summed E-state index contributed by atoms with van der Waals surface area (Å²) in [5.41, 5.74) is 2.68. The Balaban J connectivity index is 2.18. The fraction of sp³-hybridized carbons (Fsp3) is 0.125. The van der Waals surface area contributed by atoms with Crippen molar-refractivity contribution in [3.05, 3.63) is 60.2 Å². The molecule has 7 heteroatoms. The number of carboxylic acids is 1. The van der Waals surface area contributed by atoms with Gasteiger partial charge in [-0.15, -0.1) is 0 Å². The molecule has 0 heterocycles. The van der Waals surface area contributed by atoms with Crippen molar-refractivity contribution in [3.8, 4) is 11.1 Å². The van der Waals surface area contributed by atoms with E-state index in [0.29, 0.717) is 5.56 Å². The van der Waals surface area contributed by atoms with Crippen LogP contribution in [0.2, 0.25) is 0 Å². The molecule has 0 aliphatic carbocycles. The van der Waals surface area contributed by atoms with Crippen LogP contribution in [0.4, 0.5) is 0 Å². The minimum absolute atomic E-state index is 0.0266. The number of aliphatic carboxylic acids is 1. The molecule has 0 spiro atoms. The van der Waals surface area contributed by atoms with Gasteiger partial charge in [0.1, 0.15) is 0 Å². The number of hydrogen-bond acceptors (Lipinski definition) is 4. The van der Waals surface area contributed by atoms with Crippen LogP contribution in [0.1, 0.15) is 5.56 Å². The summed E-state index contributed by atoms with van der Waals surface area (Å²) in [6.45, 7) is 0. The Hall–Kier alpha value is -2.09. The zero-order valence-corrected chi connectivity index (χ0v) is 13.5.